The van der Waals surface area contributed by atoms with Gasteiger partial charge in [0.2, 0.25) is 12.0 Å². The van der Waals surface area contributed by atoms with E-state index >= 15 is 0 Å². The van der Waals surface area contributed by atoms with Crippen molar-refractivity contribution in [2.45, 2.75) is 6.17 Å². The van der Waals surface area contributed by atoms with Crippen LogP contribution in [0.15, 0.2) is 89.9 Å². The standard InChI is InChI=1S/C29H20F2N6O3/c1-40-22-15-14-21-32-25(17-10-5-6-12-19(17)30)26(37(21)36-22)28(38)35-27-29(39)34-24-18(11-7-13-20(24)31)23(33-27)16-8-3-2-4-9-16/h2-15,27H,1H3,(H,34,39)(H,35,38)/t27-/m1/s1. The van der Waals surface area contributed by atoms with Gasteiger partial charge < -0.3 is 15.4 Å². The third-order valence-electron chi connectivity index (χ3n) is 6.34. The average molecular weight is 539 g/mol. The summed E-state index contributed by atoms with van der Waals surface area (Å²) in [6.45, 7) is 0. The Hall–Kier alpha value is -5.45. The molecule has 0 saturated heterocycles. The summed E-state index contributed by atoms with van der Waals surface area (Å²) >= 11 is 0. The van der Waals surface area contributed by atoms with Gasteiger partial charge in [-0.25, -0.2) is 23.3 Å². The zero-order valence-corrected chi connectivity index (χ0v) is 20.9. The van der Waals surface area contributed by atoms with Crippen LogP contribution in [0.3, 0.4) is 0 Å². The summed E-state index contributed by atoms with van der Waals surface area (Å²) in [5.74, 6) is -2.65. The molecule has 0 bridgehead atoms. The fourth-order valence-corrected chi connectivity index (χ4v) is 4.48. The molecule has 11 heteroatoms. The number of hydrogen-bond donors (Lipinski definition) is 2. The van der Waals surface area contributed by atoms with Crippen molar-refractivity contribution >= 4 is 28.9 Å². The number of halogens is 2. The van der Waals surface area contributed by atoms with Crippen molar-refractivity contribution in [3.63, 3.8) is 0 Å². The number of benzene rings is 3. The molecule has 3 aromatic carbocycles. The lowest BCUT2D eigenvalue weighted by molar-refractivity contribution is -0.117. The predicted octanol–water partition coefficient (Wildman–Crippen LogP) is 4.23. The van der Waals surface area contributed by atoms with Crippen LogP contribution in [-0.4, -0.2) is 45.4 Å². The number of aromatic nitrogens is 3. The molecule has 0 aliphatic carbocycles. The van der Waals surface area contributed by atoms with E-state index in [-0.39, 0.29) is 34.2 Å². The second kappa shape index (κ2) is 10.0. The van der Waals surface area contributed by atoms with E-state index in [1.54, 1.807) is 48.5 Å². The van der Waals surface area contributed by atoms with Crippen LogP contribution in [0.4, 0.5) is 14.5 Å². The molecule has 1 aliphatic heterocycles. The minimum atomic E-state index is -1.47. The summed E-state index contributed by atoms with van der Waals surface area (Å²) in [5.41, 5.74) is 1.38. The third kappa shape index (κ3) is 4.33. The fourth-order valence-electron chi connectivity index (χ4n) is 4.48. The first-order chi connectivity index (χ1) is 19.4. The van der Waals surface area contributed by atoms with Gasteiger partial charge in [0.1, 0.15) is 17.3 Å². The zero-order valence-electron chi connectivity index (χ0n) is 20.9. The number of aliphatic imine (C=N–C) groups is 1. The molecule has 0 radical (unpaired) electrons. The van der Waals surface area contributed by atoms with E-state index in [1.165, 1.54) is 42.0 Å². The first-order valence-electron chi connectivity index (χ1n) is 12.2. The number of imidazole rings is 1. The average Bonchev–Trinajstić information content (AvgIpc) is 3.28. The van der Waals surface area contributed by atoms with E-state index < -0.39 is 29.6 Å². The van der Waals surface area contributed by atoms with E-state index in [1.807, 2.05) is 6.07 Å². The number of carbonyl (C=O) groups is 2. The van der Waals surface area contributed by atoms with Crippen molar-refractivity contribution in [2.24, 2.45) is 4.99 Å². The Kier molecular flexibility index (Phi) is 6.23. The van der Waals surface area contributed by atoms with Crippen LogP contribution in [0.25, 0.3) is 16.9 Å². The van der Waals surface area contributed by atoms with Crippen molar-refractivity contribution in [3.8, 4) is 17.1 Å². The van der Waals surface area contributed by atoms with Crippen molar-refractivity contribution < 1.29 is 23.1 Å². The van der Waals surface area contributed by atoms with Gasteiger partial charge in [0.25, 0.3) is 11.8 Å². The molecule has 2 amide bonds. The van der Waals surface area contributed by atoms with Crippen LogP contribution in [0, 0.1) is 11.6 Å². The highest BCUT2D eigenvalue weighted by Crippen LogP contribution is 2.29. The van der Waals surface area contributed by atoms with Gasteiger partial charge in [-0.15, -0.1) is 5.10 Å². The zero-order chi connectivity index (χ0) is 27.8. The molecule has 0 saturated carbocycles. The van der Waals surface area contributed by atoms with Crippen LogP contribution in [0.2, 0.25) is 0 Å². The Balaban J connectivity index is 1.48. The van der Waals surface area contributed by atoms with Crippen LogP contribution in [0.1, 0.15) is 21.6 Å². The maximum Gasteiger partial charge on any atom is 0.274 e. The van der Waals surface area contributed by atoms with Crippen molar-refractivity contribution in [3.05, 3.63) is 113 Å². The van der Waals surface area contributed by atoms with Crippen LogP contribution in [-0.2, 0) is 4.79 Å². The van der Waals surface area contributed by atoms with Crippen molar-refractivity contribution in [1.29, 1.82) is 0 Å². The Bertz CT molecular complexity index is 1820. The van der Waals surface area contributed by atoms with Gasteiger partial charge in [-0.2, -0.15) is 0 Å². The number of para-hydroxylation sites is 1. The molecule has 5 aromatic rings. The lowest BCUT2D eigenvalue weighted by Gasteiger charge is -2.14. The Morgan fingerprint density at radius 1 is 0.925 bits per heavy atom. The number of methoxy groups -OCH3 is 1. The summed E-state index contributed by atoms with van der Waals surface area (Å²) in [5, 5.41) is 9.43. The summed E-state index contributed by atoms with van der Waals surface area (Å²) in [6, 6.07) is 22.2. The Morgan fingerprint density at radius 2 is 1.65 bits per heavy atom. The topological polar surface area (TPSA) is 110 Å². The molecule has 9 nitrogen and oxygen atoms in total. The Morgan fingerprint density at radius 3 is 2.42 bits per heavy atom. The first kappa shape index (κ1) is 24.9. The highest BCUT2D eigenvalue weighted by atomic mass is 19.1. The Labute approximate surface area is 226 Å². The third-order valence-corrected chi connectivity index (χ3v) is 6.34. The quantitative estimate of drug-likeness (QED) is 0.348. The number of nitrogens with zero attached hydrogens (tertiary/aromatic N) is 4. The number of carbonyl (C=O) groups excluding carboxylic acids is 2. The van der Waals surface area contributed by atoms with Crippen LogP contribution in [0.5, 0.6) is 5.88 Å². The number of nitrogens with one attached hydrogen (secondary N) is 2. The molecule has 3 heterocycles. The van der Waals surface area contributed by atoms with E-state index in [2.05, 4.69) is 25.7 Å². The molecule has 0 spiro atoms. The number of hydrogen-bond acceptors (Lipinski definition) is 6. The number of anilines is 1. The molecule has 0 unspecified atom stereocenters. The largest absolute Gasteiger partial charge is 0.480 e. The number of rotatable bonds is 5. The number of fused-ring (bicyclic) bond motifs is 2. The van der Waals surface area contributed by atoms with Gasteiger partial charge in [0, 0.05) is 22.8 Å². The first-order valence-corrected chi connectivity index (χ1v) is 12.2. The predicted molar refractivity (Wildman–Crippen MR) is 143 cm³/mol. The molecule has 1 aliphatic rings. The molecule has 1 atom stereocenters. The van der Waals surface area contributed by atoms with Gasteiger partial charge in [-0.1, -0.05) is 54.6 Å². The van der Waals surface area contributed by atoms with Gasteiger partial charge >= 0.3 is 0 Å². The van der Waals surface area contributed by atoms with Crippen molar-refractivity contribution in [1.82, 2.24) is 19.9 Å². The minimum absolute atomic E-state index is 0.00646. The van der Waals surface area contributed by atoms with Gasteiger partial charge in [0.15, 0.2) is 11.3 Å². The van der Waals surface area contributed by atoms with E-state index in [9.17, 15) is 18.4 Å². The van der Waals surface area contributed by atoms with E-state index in [0.29, 0.717) is 16.8 Å². The molecule has 2 aromatic heterocycles. The maximum absolute atomic E-state index is 14.8. The summed E-state index contributed by atoms with van der Waals surface area (Å²) < 4.78 is 36.1. The highest BCUT2D eigenvalue weighted by Gasteiger charge is 2.31. The maximum atomic E-state index is 14.8. The monoisotopic (exact) mass is 538 g/mol. The molecular formula is C29H20F2N6O3. The van der Waals surface area contributed by atoms with Crippen LogP contribution < -0.4 is 15.4 Å². The summed E-state index contributed by atoms with van der Waals surface area (Å²) in [6.07, 6.45) is -1.47. The normalized spacial score (nSPS) is 14.6. The summed E-state index contributed by atoms with van der Waals surface area (Å²) in [7, 11) is 1.41. The lowest BCUT2D eigenvalue weighted by Crippen LogP contribution is -2.43. The fraction of sp³-hybridized carbons (Fsp3) is 0.0690. The van der Waals surface area contributed by atoms with Gasteiger partial charge in [-0.3, -0.25) is 9.59 Å². The van der Waals surface area contributed by atoms with E-state index in [4.69, 9.17) is 4.74 Å². The minimum Gasteiger partial charge on any atom is -0.480 e. The second-order valence-corrected chi connectivity index (χ2v) is 8.81. The number of amides is 2. The number of ether oxygens (including phenoxy) is 1. The summed E-state index contributed by atoms with van der Waals surface area (Å²) in [4.78, 5) is 36.1. The molecule has 198 valence electrons. The highest BCUT2D eigenvalue weighted by molar-refractivity contribution is 6.20. The molecule has 2 N–H and O–H groups in total. The number of benzodiazepines with no additional fused rings is 1. The SMILES string of the molecule is COc1ccc2nc(-c3ccccc3F)c(C(=O)N[C@H]3N=C(c4ccccc4)c4cccc(F)c4NC3=O)n2n1. The lowest BCUT2D eigenvalue weighted by atomic mass is 10.0. The van der Waals surface area contributed by atoms with Crippen molar-refractivity contribution in [2.75, 3.05) is 12.4 Å². The molecule has 0 fully saturated rings. The molecule has 40 heavy (non-hydrogen) atoms. The molecular weight excluding hydrogens is 518 g/mol. The van der Waals surface area contributed by atoms with E-state index in [0.717, 1.165) is 0 Å². The van der Waals surface area contributed by atoms with Gasteiger partial charge in [0.05, 0.1) is 18.5 Å². The van der Waals surface area contributed by atoms with Crippen LogP contribution >= 0.6 is 0 Å². The molecule has 6 rings (SSSR count). The van der Waals surface area contributed by atoms with Gasteiger partial charge in [-0.05, 0) is 24.3 Å². The second-order valence-electron chi connectivity index (χ2n) is 8.81. The smallest absolute Gasteiger partial charge is 0.274 e.